The molecule has 6 unspecified atom stereocenters. The number of hydrogen-bond donors (Lipinski definition) is 2. The molecule has 6 nitrogen and oxygen atoms in total. The molecule has 1 aliphatic heterocycles. The number of rotatable bonds is 8. The van der Waals surface area contributed by atoms with Crippen LogP contribution in [0.1, 0.15) is 104 Å². The van der Waals surface area contributed by atoms with Gasteiger partial charge in [0.05, 0.1) is 17.9 Å². The van der Waals surface area contributed by atoms with E-state index in [2.05, 4.69) is 74.6 Å². The summed E-state index contributed by atoms with van der Waals surface area (Å²) in [5.41, 5.74) is 4.20. The van der Waals surface area contributed by atoms with Gasteiger partial charge in [-0.2, -0.15) is 0 Å². The molecule has 236 valence electrons. The van der Waals surface area contributed by atoms with E-state index >= 15 is 0 Å². The summed E-state index contributed by atoms with van der Waals surface area (Å²) in [6.45, 7) is 10.6. The van der Waals surface area contributed by atoms with Crippen molar-refractivity contribution in [1.29, 1.82) is 0 Å². The van der Waals surface area contributed by atoms with Crippen LogP contribution in [0.2, 0.25) is 0 Å². The highest BCUT2D eigenvalue weighted by molar-refractivity contribution is 5.96. The van der Waals surface area contributed by atoms with Gasteiger partial charge in [-0.25, -0.2) is 0 Å². The zero-order chi connectivity index (χ0) is 30.2. The Balaban J connectivity index is 1.02. The number of nitrogens with one attached hydrogen (secondary N) is 1. The van der Waals surface area contributed by atoms with E-state index < -0.39 is 0 Å². The van der Waals surface area contributed by atoms with Crippen LogP contribution in [0.4, 0.5) is 0 Å². The molecule has 3 saturated carbocycles. The van der Waals surface area contributed by atoms with Gasteiger partial charge in [-0.1, -0.05) is 68.8 Å². The molecule has 0 radical (unpaired) electrons. The number of aliphatic hydroxyl groups excluding tert-OH is 1. The van der Waals surface area contributed by atoms with Crippen molar-refractivity contribution in [3.63, 3.8) is 0 Å². The second kappa shape index (κ2) is 12.3. The van der Waals surface area contributed by atoms with Crippen LogP contribution in [0.25, 0.3) is 0 Å². The highest BCUT2D eigenvalue weighted by atomic mass is 16.6. The zero-order valence-electron chi connectivity index (χ0n) is 26.9. The summed E-state index contributed by atoms with van der Waals surface area (Å²) in [5, 5.41) is 18.3. The Hall–Kier alpha value is -2.18. The van der Waals surface area contributed by atoms with Gasteiger partial charge in [-0.05, 0) is 117 Å². The van der Waals surface area contributed by atoms with E-state index in [1.54, 1.807) is 0 Å². The summed E-state index contributed by atoms with van der Waals surface area (Å²) in [6, 6.07) is 10.7. The third kappa shape index (κ3) is 5.83. The third-order valence-corrected chi connectivity index (χ3v) is 12.9. The van der Waals surface area contributed by atoms with Crippen molar-refractivity contribution in [1.82, 2.24) is 5.32 Å². The zero-order valence-corrected chi connectivity index (χ0v) is 26.9. The van der Waals surface area contributed by atoms with E-state index in [0.717, 1.165) is 69.6 Å². The van der Waals surface area contributed by atoms with E-state index in [9.17, 15) is 9.90 Å². The Morgan fingerprint density at radius 2 is 1.88 bits per heavy atom. The fraction of sp³-hybridized carbons (Fsp3) is 0.730. The van der Waals surface area contributed by atoms with Crippen LogP contribution >= 0.6 is 0 Å². The molecule has 1 amide bonds. The minimum Gasteiger partial charge on any atom is -0.393 e. The predicted octanol–water partition coefficient (Wildman–Crippen LogP) is 6.96. The lowest BCUT2D eigenvalue weighted by Gasteiger charge is -2.57. The van der Waals surface area contributed by atoms with Gasteiger partial charge in [0.1, 0.15) is 0 Å². The van der Waals surface area contributed by atoms with Gasteiger partial charge in [-0.3, -0.25) is 4.79 Å². The smallest absolute Gasteiger partial charge is 0.260 e. The molecule has 5 aliphatic rings. The van der Waals surface area contributed by atoms with Gasteiger partial charge < -0.3 is 20.0 Å². The number of aliphatic hydroxyl groups is 1. The average Bonchev–Trinajstić information content (AvgIpc) is 3.31. The van der Waals surface area contributed by atoms with E-state index in [0.29, 0.717) is 24.3 Å². The molecule has 4 aliphatic carbocycles. The molecule has 8 atom stereocenters. The summed E-state index contributed by atoms with van der Waals surface area (Å²) in [7, 11) is 0. The molecule has 1 aromatic carbocycles. The molecule has 43 heavy (non-hydrogen) atoms. The maximum absolute atomic E-state index is 12.8. The first-order valence-corrected chi connectivity index (χ1v) is 17.2. The van der Waals surface area contributed by atoms with Crippen LogP contribution in [0.3, 0.4) is 0 Å². The van der Waals surface area contributed by atoms with Gasteiger partial charge in [0.2, 0.25) is 0 Å². The number of fused-ring (bicyclic) bond motifs is 5. The van der Waals surface area contributed by atoms with Crippen LogP contribution < -0.4 is 5.32 Å². The number of amides is 1. The van der Waals surface area contributed by atoms with Crippen molar-refractivity contribution in [3.05, 3.63) is 47.5 Å². The standard InChI is InChI=1S/C37H54N2O4/c1-25(2)32-23-37(19-21-42-32,26-8-6-5-7-9-26)18-20-38-34(41)24-43-39-28-14-16-35(3)27(22-28)10-11-29-30-12-13-33(40)36(30,4)17-15-31(29)35/h5-9,22,25,29-33,40H,10-21,23-24H2,1-4H3,(H,38,41)/b39-28+/t29?,30?,31?,32?,33?,35-,36-,37?/m0/s1. The molecular weight excluding hydrogens is 536 g/mol. The SMILES string of the molecule is CC(C)C1CC(CCNC(=O)CO/N=C2/C=C3CCC4C5CCC(O)[C@@]5(C)CCC4[C@@]3(C)CC2)(c2ccccc2)CCO1. The second-order valence-corrected chi connectivity index (χ2v) is 15.3. The number of nitrogens with zero attached hydrogens (tertiary/aromatic N) is 1. The van der Waals surface area contributed by atoms with Crippen LogP contribution in [0.15, 0.2) is 47.1 Å². The van der Waals surface area contributed by atoms with Gasteiger partial charge in [0.15, 0.2) is 6.61 Å². The van der Waals surface area contributed by atoms with E-state index in [-0.39, 0.29) is 41.0 Å². The third-order valence-electron chi connectivity index (χ3n) is 12.9. The number of allylic oxidation sites excluding steroid dienone is 2. The van der Waals surface area contributed by atoms with Crippen molar-refractivity contribution in [2.75, 3.05) is 19.8 Å². The van der Waals surface area contributed by atoms with E-state index in [4.69, 9.17) is 9.57 Å². The minimum absolute atomic E-state index is 0.0112. The molecule has 6 heteroatoms. The maximum Gasteiger partial charge on any atom is 0.260 e. The van der Waals surface area contributed by atoms with Gasteiger partial charge >= 0.3 is 0 Å². The Bertz CT molecular complexity index is 1210. The first-order valence-electron chi connectivity index (χ1n) is 17.2. The first kappa shape index (κ1) is 30.8. The predicted molar refractivity (Wildman–Crippen MR) is 171 cm³/mol. The average molecular weight is 591 g/mol. The van der Waals surface area contributed by atoms with E-state index in [1.807, 2.05) is 0 Å². The fourth-order valence-corrected chi connectivity index (χ4v) is 10.1. The number of carbonyl (C=O) groups excluding carboxylic acids is 1. The van der Waals surface area contributed by atoms with Crippen molar-refractivity contribution in [3.8, 4) is 0 Å². The van der Waals surface area contributed by atoms with Crippen LogP contribution in [0.5, 0.6) is 0 Å². The molecule has 1 aromatic rings. The van der Waals surface area contributed by atoms with Crippen molar-refractivity contribution in [2.45, 2.75) is 116 Å². The molecule has 0 aromatic heterocycles. The minimum atomic E-state index is -0.119. The largest absolute Gasteiger partial charge is 0.393 e. The second-order valence-electron chi connectivity index (χ2n) is 15.3. The summed E-state index contributed by atoms with van der Waals surface area (Å²) >= 11 is 0. The molecule has 6 rings (SSSR count). The molecule has 2 N–H and O–H groups in total. The summed E-state index contributed by atoms with van der Waals surface area (Å²) in [5.74, 6) is 2.46. The normalized spacial score (nSPS) is 39.9. The number of ether oxygens (including phenoxy) is 1. The quantitative estimate of drug-likeness (QED) is 0.321. The van der Waals surface area contributed by atoms with Gasteiger partial charge in [0, 0.05) is 18.6 Å². The first-order chi connectivity index (χ1) is 20.6. The maximum atomic E-state index is 12.8. The molecule has 0 spiro atoms. The van der Waals surface area contributed by atoms with Crippen molar-refractivity contribution in [2.24, 2.45) is 39.7 Å². The van der Waals surface area contributed by atoms with Gasteiger partial charge in [0.25, 0.3) is 5.91 Å². The molecule has 1 heterocycles. The Labute approximate surface area is 259 Å². The highest BCUT2D eigenvalue weighted by Crippen LogP contribution is 2.65. The Morgan fingerprint density at radius 3 is 2.67 bits per heavy atom. The summed E-state index contributed by atoms with van der Waals surface area (Å²) < 4.78 is 6.11. The Kier molecular flexibility index (Phi) is 8.83. The topological polar surface area (TPSA) is 80.2 Å². The van der Waals surface area contributed by atoms with Gasteiger partial charge in [-0.15, -0.1) is 0 Å². The highest BCUT2D eigenvalue weighted by Gasteiger charge is 2.58. The molecule has 1 saturated heterocycles. The summed E-state index contributed by atoms with van der Waals surface area (Å²) in [6.07, 6.45) is 14.1. The van der Waals surface area contributed by atoms with Crippen LogP contribution in [-0.4, -0.2) is 48.7 Å². The van der Waals surface area contributed by atoms with Crippen molar-refractivity contribution < 1.29 is 19.5 Å². The lowest BCUT2D eigenvalue weighted by atomic mass is 9.47. The molecule has 0 bridgehead atoms. The lowest BCUT2D eigenvalue weighted by Crippen LogP contribution is -2.51. The van der Waals surface area contributed by atoms with Crippen molar-refractivity contribution >= 4 is 11.6 Å². The summed E-state index contributed by atoms with van der Waals surface area (Å²) in [4.78, 5) is 18.4. The molecular formula is C37H54N2O4. The van der Waals surface area contributed by atoms with Crippen LogP contribution in [-0.2, 0) is 19.8 Å². The number of carbonyl (C=O) groups is 1. The lowest BCUT2D eigenvalue weighted by molar-refractivity contribution is -0.125. The fourth-order valence-electron chi connectivity index (χ4n) is 10.1. The molecule has 4 fully saturated rings. The van der Waals surface area contributed by atoms with E-state index in [1.165, 1.54) is 30.4 Å². The van der Waals surface area contributed by atoms with Crippen LogP contribution in [0, 0.1) is 34.5 Å². The Morgan fingerprint density at radius 1 is 1.07 bits per heavy atom. The monoisotopic (exact) mass is 590 g/mol. The number of benzene rings is 1. The number of hydrogen-bond acceptors (Lipinski definition) is 5. The number of oxime groups is 1.